The van der Waals surface area contributed by atoms with E-state index in [1.54, 1.807) is 6.07 Å². The standard InChI is InChI=1S/C17H19N5O4.C4H6O6/c18-16(19)21-17(24)26-15(11-4-2-1-3-5-11)22-9-13(10-22)25-12-6-7-14(23)20-8-12;5-1(3(7)8)2(6)4(9)10/h1-8,13,15H,9-10H2,(H,20,23)(H4,18,19,21,24);1-2,5-6H,(H,7,8)(H,9,10)/t;1-,2-/m.1/s1. The molecule has 1 saturated heterocycles. The van der Waals surface area contributed by atoms with Crippen molar-refractivity contribution < 1.29 is 44.3 Å². The molecular weight excluding hydrogens is 482 g/mol. The van der Waals surface area contributed by atoms with Crippen molar-refractivity contribution in [1.82, 2.24) is 9.88 Å². The maximum atomic E-state index is 11.8. The summed E-state index contributed by atoms with van der Waals surface area (Å²) in [5.41, 5.74) is 11.0. The number of aromatic nitrogens is 1. The van der Waals surface area contributed by atoms with Crippen molar-refractivity contribution in [2.75, 3.05) is 13.1 Å². The van der Waals surface area contributed by atoms with Gasteiger partial charge in [-0.1, -0.05) is 30.3 Å². The van der Waals surface area contributed by atoms with Gasteiger partial charge in [-0.15, -0.1) is 4.99 Å². The largest absolute Gasteiger partial charge is 0.486 e. The van der Waals surface area contributed by atoms with E-state index in [2.05, 4.69) is 9.98 Å². The van der Waals surface area contributed by atoms with Crippen LogP contribution in [0.1, 0.15) is 11.8 Å². The maximum Gasteiger partial charge on any atom is 0.438 e. The van der Waals surface area contributed by atoms with Gasteiger partial charge < -0.3 is 46.4 Å². The predicted octanol–water partition coefficient (Wildman–Crippen LogP) is -1.58. The van der Waals surface area contributed by atoms with E-state index < -0.39 is 36.5 Å². The number of aliphatic carboxylic acids is 2. The lowest BCUT2D eigenvalue weighted by Crippen LogP contribution is -2.55. The highest BCUT2D eigenvalue weighted by Crippen LogP contribution is 2.29. The summed E-state index contributed by atoms with van der Waals surface area (Å²) in [5.74, 6) is -3.32. The second-order valence-corrected chi connectivity index (χ2v) is 7.33. The Labute approximate surface area is 203 Å². The average molecular weight is 507 g/mol. The number of carbonyl (C=O) groups is 3. The molecule has 0 saturated carbocycles. The Morgan fingerprint density at radius 3 is 2.06 bits per heavy atom. The third-order valence-corrected chi connectivity index (χ3v) is 4.59. The van der Waals surface area contributed by atoms with Crippen LogP contribution in [0.3, 0.4) is 0 Å². The Morgan fingerprint density at radius 2 is 1.58 bits per heavy atom. The molecule has 0 radical (unpaired) electrons. The number of nitrogens with one attached hydrogen (secondary N) is 1. The topological polar surface area (TPSA) is 251 Å². The van der Waals surface area contributed by atoms with Gasteiger partial charge in [0.05, 0.1) is 0 Å². The summed E-state index contributed by atoms with van der Waals surface area (Å²) in [6, 6.07) is 12.3. The van der Waals surface area contributed by atoms with Crippen molar-refractivity contribution in [3.8, 4) is 5.75 Å². The molecule has 0 spiro atoms. The van der Waals surface area contributed by atoms with Crippen molar-refractivity contribution in [2.24, 2.45) is 16.5 Å². The second kappa shape index (κ2) is 12.8. The minimum absolute atomic E-state index is 0.0890. The van der Waals surface area contributed by atoms with Crippen molar-refractivity contribution in [2.45, 2.75) is 24.5 Å². The van der Waals surface area contributed by atoms with Gasteiger partial charge in [0.15, 0.2) is 24.4 Å². The molecule has 1 unspecified atom stereocenters. The van der Waals surface area contributed by atoms with Crippen molar-refractivity contribution in [3.05, 3.63) is 64.6 Å². The second-order valence-electron chi connectivity index (χ2n) is 7.33. The highest BCUT2D eigenvalue weighted by molar-refractivity contribution is 5.88. The number of aliphatic imine (C=N–C) groups is 1. The summed E-state index contributed by atoms with van der Waals surface area (Å²) in [7, 11) is 0. The predicted molar refractivity (Wildman–Crippen MR) is 122 cm³/mol. The molecule has 0 bridgehead atoms. The van der Waals surface area contributed by atoms with E-state index in [1.807, 2.05) is 35.2 Å². The number of carboxylic acid groups (broad SMARTS) is 2. The van der Waals surface area contributed by atoms with Gasteiger partial charge in [0.2, 0.25) is 5.56 Å². The molecule has 36 heavy (non-hydrogen) atoms. The summed E-state index contributed by atoms with van der Waals surface area (Å²) in [5, 5.41) is 32.5. The summed E-state index contributed by atoms with van der Waals surface area (Å²) < 4.78 is 11.2. The molecule has 1 aromatic carbocycles. The van der Waals surface area contributed by atoms with Crippen LogP contribution in [0.4, 0.5) is 4.79 Å². The first-order valence-corrected chi connectivity index (χ1v) is 10.2. The summed E-state index contributed by atoms with van der Waals surface area (Å²) in [4.78, 5) is 50.3. The van der Waals surface area contributed by atoms with Crippen LogP contribution >= 0.6 is 0 Å². The Morgan fingerprint density at radius 1 is 1.00 bits per heavy atom. The number of likely N-dealkylation sites (tertiary alicyclic amines) is 1. The molecule has 1 aliphatic rings. The molecule has 3 atom stereocenters. The first kappa shape index (κ1) is 27.8. The van der Waals surface area contributed by atoms with E-state index in [0.717, 1.165) is 5.56 Å². The number of guanidine groups is 1. The smallest absolute Gasteiger partial charge is 0.438 e. The zero-order chi connectivity index (χ0) is 26.8. The van der Waals surface area contributed by atoms with Crippen LogP contribution in [0.15, 0.2) is 58.4 Å². The SMILES string of the molecule is NC(N)=NC(=O)OC(c1ccccc1)N1CC(Oc2ccc(=O)[nH]c2)C1.O=C(O)[C@H](O)[C@@H](O)C(=O)O. The number of rotatable bonds is 8. The minimum atomic E-state index is -2.27. The number of ether oxygens (including phenoxy) is 2. The van der Waals surface area contributed by atoms with Crippen molar-refractivity contribution in [1.29, 1.82) is 0 Å². The molecule has 1 amide bonds. The van der Waals surface area contributed by atoms with Crippen LogP contribution in [0, 0.1) is 0 Å². The van der Waals surface area contributed by atoms with E-state index in [0.29, 0.717) is 18.8 Å². The van der Waals surface area contributed by atoms with Gasteiger partial charge in [0.1, 0.15) is 11.9 Å². The zero-order valence-electron chi connectivity index (χ0n) is 18.6. The van der Waals surface area contributed by atoms with Gasteiger partial charge in [-0.2, -0.15) is 0 Å². The molecule has 1 aliphatic heterocycles. The molecule has 15 heteroatoms. The highest BCUT2D eigenvalue weighted by Gasteiger charge is 2.37. The van der Waals surface area contributed by atoms with Crippen LogP contribution in [-0.4, -0.2) is 85.7 Å². The Kier molecular flexibility index (Phi) is 9.91. The van der Waals surface area contributed by atoms with Crippen LogP contribution in [0.5, 0.6) is 5.75 Å². The van der Waals surface area contributed by atoms with Crippen molar-refractivity contribution >= 4 is 24.0 Å². The third-order valence-electron chi connectivity index (χ3n) is 4.59. The fraction of sp³-hybridized carbons (Fsp3) is 0.286. The normalized spacial score (nSPS) is 15.6. The van der Waals surface area contributed by atoms with Gasteiger partial charge >= 0.3 is 18.0 Å². The minimum Gasteiger partial charge on any atom is -0.486 e. The number of H-pyrrole nitrogens is 1. The molecule has 3 rings (SSSR count). The summed E-state index contributed by atoms with van der Waals surface area (Å²) in [6.45, 7) is 1.07. The molecule has 1 aromatic heterocycles. The van der Waals surface area contributed by atoms with E-state index in [-0.39, 0.29) is 17.6 Å². The first-order chi connectivity index (χ1) is 17.0. The van der Waals surface area contributed by atoms with Crippen LogP contribution in [-0.2, 0) is 14.3 Å². The molecule has 0 aliphatic carbocycles. The molecule has 1 fully saturated rings. The number of pyridine rings is 1. The van der Waals surface area contributed by atoms with E-state index >= 15 is 0 Å². The van der Waals surface area contributed by atoms with Gasteiger partial charge in [0.25, 0.3) is 0 Å². The van der Waals surface area contributed by atoms with E-state index in [1.165, 1.54) is 12.3 Å². The van der Waals surface area contributed by atoms with Gasteiger partial charge in [-0.05, 0) is 6.07 Å². The number of carbonyl (C=O) groups excluding carboxylic acids is 1. The molecule has 15 nitrogen and oxygen atoms in total. The number of aliphatic hydroxyl groups is 2. The van der Waals surface area contributed by atoms with Gasteiger partial charge in [-0.25, -0.2) is 14.4 Å². The Hall–Kier alpha value is -4.47. The van der Waals surface area contributed by atoms with Crippen molar-refractivity contribution in [3.63, 3.8) is 0 Å². The van der Waals surface area contributed by atoms with E-state index in [9.17, 15) is 19.2 Å². The fourth-order valence-corrected chi connectivity index (χ4v) is 2.87. The Balaban J connectivity index is 0.000000388. The number of amides is 1. The lowest BCUT2D eigenvalue weighted by Gasteiger charge is -2.42. The monoisotopic (exact) mass is 507 g/mol. The maximum absolute atomic E-state index is 11.8. The third kappa shape index (κ3) is 8.39. The number of carboxylic acids is 2. The zero-order valence-corrected chi connectivity index (χ0v) is 18.6. The lowest BCUT2D eigenvalue weighted by atomic mass is 10.1. The van der Waals surface area contributed by atoms with Gasteiger partial charge in [-0.3, -0.25) is 9.69 Å². The molecule has 9 N–H and O–H groups in total. The average Bonchev–Trinajstić information content (AvgIpc) is 2.80. The number of hydrogen-bond acceptors (Lipinski definition) is 9. The summed E-state index contributed by atoms with van der Waals surface area (Å²) in [6.07, 6.45) is -4.59. The quantitative estimate of drug-likeness (QED) is 0.158. The van der Waals surface area contributed by atoms with Crippen LogP contribution in [0.25, 0.3) is 0 Å². The number of nitrogens with two attached hydrogens (primary N) is 2. The lowest BCUT2D eigenvalue weighted by molar-refractivity contribution is -0.165. The number of nitrogens with zero attached hydrogens (tertiary/aromatic N) is 2. The highest BCUT2D eigenvalue weighted by atomic mass is 16.6. The van der Waals surface area contributed by atoms with Crippen LogP contribution in [0.2, 0.25) is 0 Å². The Bertz CT molecular complexity index is 1090. The molecule has 194 valence electrons. The number of aromatic amines is 1. The summed E-state index contributed by atoms with van der Waals surface area (Å²) >= 11 is 0. The first-order valence-electron chi connectivity index (χ1n) is 10.2. The number of hydrogen-bond donors (Lipinski definition) is 7. The van der Waals surface area contributed by atoms with E-state index in [4.69, 9.17) is 41.4 Å². The fourth-order valence-electron chi connectivity index (χ4n) is 2.87. The molecule has 2 aromatic rings. The number of aliphatic hydroxyl groups excluding tert-OH is 2. The molecule has 2 heterocycles. The number of benzene rings is 1. The van der Waals surface area contributed by atoms with Gasteiger partial charge in [0, 0.05) is 30.9 Å². The van der Waals surface area contributed by atoms with Crippen LogP contribution < -0.4 is 21.8 Å². The molecular formula is C21H25N5O10.